The zero-order valence-electron chi connectivity index (χ0n) is 10.3. The summed E-state index contributed by atoms with van der Waals surface area (Å²) < 4.78 is 6.09. The van der Waals surface area contributed by atoms with E-state index in [1.807, 2.05) is 42.5 Å². The molecule has 0 fully saturated rings. The summed E-state index contributed by atoms with van der Waals surface area (Å²) in [5, 5.41) is 0. The maximum Gasteiger partial charge on any atom is 0.270 e. The Morgan fingerprint density at radius 1 is 1.11 bits per heavy atom. The largest absolute Gasteiger partial charge is 0.495 e. The van der Waals surface area contributed by atoms with Crippen LogP contribution in [0.25, 0.3) is 0 Å². The maximum absolute atomic E-state index is 12.0. The molecule has 0 saturated heterocycles. The predicted molar refractivity (Wildman–Crippen MR) is 83.2 cm³/mol. The average Bonchev–Trinajstić information content (AvgIpc) is 2.45. The number of nitrogens with one attached hydrogen (secondary N) is 2. The molecule has 0 bridgehead atoms. The van der Waals surface area contributed by atoms with Gasteiger partial charge in [-0.2, -0.15) is 0 Å². The van der Waals surface area contributed by atoms with E-state index in [4.69, 9.17) is 4.74 Å². The van der Waals surface area contributed by atoms with Crippen molar-refractivity contribution in [3.63, 3.8) is 0 Å². The highest BCUT2D eigenvalue weighted by Gasteiger charge is 2.09. The number of para-hydroxylation sites is 2. The Labute approximate surface area is 125 Å². The predicted octanol–water partition coefficient (Wildman–Crippen LogP) is 3.06. The van der Waals surface area contributed by atoms with Crippen LogP contribution in [0, 0.1) is 3.57 Å². The topological polar surface area (TPSA) is 50.4 Å². The van der Waals surface area contributed by atoms with Crippen LogP contribution in [-0.4, -0.2) is 13.0 Å². The van der Waals surface area contributed by atoms with Crippen LogP contribution in [-0.2, 0) is 0 Å². The second-order valence-electron chi connectivity index (χ2n) is 3.76. The highest BCUT2D eigenvalue weighted by atomic mass is 127. The molecule has 0 aliphatic rings. The molecule has 0 heterocycles. The lowest BCUT2D eigenvalue weighted by molar-refractivity contribution is 0.0961. The highest BCUT2D eigenvalue weighted by Crippen LogP contribution is 2.22. The molecule has 5 heteroatoms. The summed E-state index contributed by atoms with van der Waals surface area (Å²) in [5.41, 5.74) is 6.86. The van der Waals surface area contributed by atoms with Crippen molar-refractivity contribution in [2.75, 3.05) is 12.5 Å². The maximum atomic E-state index is 12.0. The van der Waals surface area contributed by atoms with Crippen molar-refractivity contribution >= 4 is 34.2 Å². The van der Waals surface area contributed by atoms with Gasteiger partial charge in [0, 0.05) is 3.57 Å². The van der Waals surface area contributed by atoms with Crippen LogP contribution >= 0.6 is 22.6 Å². The van der Waals surface area contributed by atoms with E-state index in [0.717, 1.165) is 3.57 Å². The van der Waals surface area contributed by atoms with E-state index >= 15 is 0 Å². The summed E-state index contributed by atoms with van der Waals surface area (Å²) in [6, 6.07) is 14.8. The molecule has 4 nitrogen and oxygen atoms in total. The first kappa shape index (κ1) is 13.7. The Bertz CT molecular complexity index is 587. The quantitative estimate of drug-likeness (QED) is 0.644. The number of ether oxygens (including phenoxy) is 1. The van der Waals surface area contributed by atoms with Crippen molar-refractivity contribution in [2.24, 2.45) is 0 Å². The molecule has 0 atom stereocenters. The zero-order chi connectivity index (χ0) is 13.7. The molecular formula is C14H13IN2O2. The minimum absolute atomic E-state index is 0.184. The van der Waals surface area contributed by atoms with Gasteiger partial charge < -0.3 is 4.74 Å². The molecule has 0 aliphatic carbocycles. The third-order valence-corrected chi connectivity index (χ3v) is 3.48. The monoisotopic (exact) mass is 368 g/mol. The molecule has 0 unspecified atom stereocenters. The molecule has 0 radical (unpaired) electrons. The Kier molecular flexibility index (Phi) is 4.62. The van der Waals surface area contributed by atoms with Gasteiger partial charge >= 0.3 is 0 Å². The first-order chi connectivity index (χ1) is 9.22. The summed E-state index contributed by atoms with van der Waals surface area (Å²) in [6.07, 6.45) is 0. The third-order valence-electron chi connectivity index (χ3n) is 2.54. The number of halogens is 1. The van der Waals surface area contributed by atoms with Gasteiger partial charge in [0.25, 0.3) is 5.91 Å². The van der Waals surface area contributed by atoms with E-state index in [2.05, 4.69) is 33.4 Å². The zero-order valence-corrected chi connectivity index (χ0v) is 12.5. The van der Waals surface area contributed by atoms with Crippen LogP contribution < -0.4 is 15.6 Å². The van der Waals surface area contributed by atoms with E-state index in [-0.39, 0.29) is 5.91 Å². The van der Waals surface area contributed by atoms with E-state index in [0.29, 0.717) is 17.0 Å². The SMILES string of the molecule is COc1ccccc1NNC(=O)c1ccccc1I. The molecule has 0 spiro atoms. The normalized spacial score (nSPS) is 9.79. The molecule has 2 N–H and O–H groups in total. The summed E-state index contributed by atoms with van der Waals surface area (Å²) in [6.45, 7) is 0. The molecule has 2 aromatic rings. The first-order valence-electron chi connectivity index (χ1n) is 5.66. The van der Waals surface area contributed by atoms with Gasteiger partial charge in [0.15, 0.2) is 0 Å². The van der Waals surface area contributed by atoms with Gasteiger partial charge in [0.2, 0.25) is 0 Å². The second-order valence-corrected chi connectivity index (χ2v) is 4.92. The molecule has 0 aliphatic heterocycles. The van der Waals surface area contributed by atoms with Gasteiger partial charge in [-0.25, -0.2) is 0 Å². The van der Waals surface area contributed by atoms with Gasteiger partial charge in [-0.05, 0) is 46.9 Å². The molecule has 0 aromatic heterocycles. The fourth-order valence-corrected chi connectivity index (χ4v) is 2.22. The number of anilines is 1. The van der Waals surface area contributed by atoms with Gasteiger partial charge in [-0.3, -0.25) is 15.6 Å². The van der Waals surface area contributed by atoms with Crippen LogP contribution in [0.5, 0.6) is 5.75 Å². The summed E-state index contributed by atoms with van der Waals surface area (Å²) >= 11 is 2.13. The minimum Gasteiger partial charge on any atom is -0.495 e. The number of amides is 1. The molecule has 19 heavy (non-hydrogen) atoms. The van der Waals surface area contributed by atoms with Crippen molar-refractivity contribution in [1.29, 1.82) is 0 Å². The van der Waals surface area contributed by atoms with Gasteiger partial charge in [-0.15, -0.1) is 0 Å². The number of hydrogen-bond acceptors (Lipinski definition) is 3. The Morgan fingerprint density at radius 2 is 1.79 bits per heavy atom. The lowest BCUT2D eigenvalue weighted by atomic mass is 10.2. The lowest BCUT2D eigenvalue weighted by Gasteiger charge is -2.12. The first-order valence-corrected chi connectivity index (χ1v) is 6.74. The van der Waals surface area contributed by atoms with Crippen molar-refractivity contribution in [3.8, 4) is 5.75 Å². The van der Waals surface area contributed by atoms with E-state index < -0.39 is 0 Å². The van der Waals surface area contributed by atoms with Crippen LogP contribution in [0.15, 0.2) is 48.5 Å². The van der Waals surface area contributed by atoms with Crippen LogP contribution in [0.4, 0.5) is 5.69 Å². The van der Waals surface area contributed by atoms with E-state index in [9.17, 15) is 4.79 Å². The summed E-state index contributed by atoms with van der Waals surface area (Å²) in [4.78, 5) is 12.0. The minimum atomic E-state index is -0.184. The molecule has 98 valence electrons. The molecule has 1 amide bonds. The number of methoxy groups -OCH3 is 1. The van der Waals surface area contributed by atoms with Crippen molar-refractivity contribution < 1.29 is 9.53 Å². The second kappa shape index (κ2) is 6.42. The van der Waals surface area contributed by atoms with Gasteiger partial charge in [-0.1, -0.05) is 24.3 Å². The molecule has 0 saturated carbocycles. The smallest absolute Gasteiger partial charge is 0.270 e. The average molecular weight is 368 g/mol. The fraction of sp³-hybridized carbons (Fsp3) is 0.0714. The van der Waals surface area contributed by atoms with Crippen molar-refractivity contribution in [2.45, 2.75) is 0 Å². The summed E-state index contributed by atoms with van der Waals surface area (Å²) in [7, 11) is 1.59. The number of benzene rings is 2. The Hall–Kier alpha value is -1.76. The standard InChI is InChI=1S/C14H13IN2O2/c1-19-13-9-5-4-8-12(13)16-17-14(18)10-6-2-3-7-11(10)15/h2-9,16H,1H3,(H,17,18). The number of rotatable bonds is 4. The molecule has 2 rings (SSSR count). The van der Waals surface area contributed by atoms with E-state index in [1.54, 1.807) is 13.2 Å². The van der Waals surface area contributed by atoms with Gasteiger partial charge in [0.1, 0.15) is 5.75 Å². The lowest BCUT2D eigenvalue weighted by Crippen LogP contribution is -2.30. The fourth-order valence-electron chi connectivity index (χ4n) is 1.58. The molecule has 2 aromatic carbocycles. The number of hydrogen-bond donors (Lipinski definition) is 2. The van der Waals surface area contributed by atoms with Crippen LogP contribution in [0.3, 0.4) is 0 Å². The Morgan fingerprint density at radius 3 is 2.53 bits per heavy atom. The van der Waals surface area contributed by atoms with Crippen LogP contribution in [0.2, 0.25) is 0 Å². The number of carbonyl (C=O) groups is 1. The number of carbonyl (C=O) groups excluding carboxylic acids is 1. The van der Waals surface area contributed by atoms with Crippen molar-refractivity contribution in [3.05, 3.63) is 57.7 Å². The van der Waals surface area contributed by atoms with E-state index in [1.165, 1.54) is 0 Å². The summed E-state index contributed by atoms with van der Waals surface area (Å²) in [5.74, 6) is 0.487. The van der Waals surface area contributed by atoms with Crippen molar-refractivity contribution in [1.82, 2.24) is 5.43 Å². The number of hydrazine groups is 1. The highest BCUT2D eigenvalue weighted by molar-refractivity contribution is 14.1. The van der Waals surface area contributed by atoms with Crippen LogP contribution in [0.1, 0.15) is 10.4 Å². The van der Waals surface area contributed by atoms with Gasteiger partial charge in [0.05, 0.1) is 18.4 Å². The molecular weight excluding hydrogens is 355 g/mol. The Balaban J connectivity index is 2.07. The third kappa shape index (κ3) is 3.37.